The molecular weight excluding hydrogens is 476 g/mol. The van der Waals surface area contributed by atoms with Gasteiger partial charge >= 0.3 is 0 Å². The maximum Gasteiger partial charge on any atom is 0.260 e. The summed E-state index contributed by atoms with van der Waals surface area (Å²) in [5, 5.41) is 0. The standard InChI is InChI=1S/C24H32N2O8S/c1-17-12-19(35(28,29)26-8-10-33-11-9-26)6-7-20(17)34-16-23(27)25(2)15-18-13-21(30-3)24(32-5)22(14-18)31-4/h6-7,12-14H,8-11,15-16H2,1-5H3. The number of amides is 1. The SMILES string of the molecule is COc1cc(CN(C)C(=O)COc2ccc(S(=O)(=O)N3CCOCC3)cc2C)cc(OC)c1OC. The minimum atomic E-state index is -3.60. The third kappa shape index (κ3) is 6.16. The fourth-order valence-electron chi connectivity index (χ4n) is 3.72. The number of benzene rings is 2. The first-order valence-electron chi connectivity index (χ1n) is 11.1. The summed E-state index contributed by atoms with van der Waals surface area (Å²) in [6.45, 7) is 3.26. The van der Waals surface area contributed by atoms with Crippen LogP contribution in [0.15, 0.2) is 35.2 Å². The Morgan fingerprint density at radius 3 is 2.17 bits per heavy atom. The van der Waals surface area contributed by atoms with Crippen molar-refractivity contribution in [3.05, 3.63) is 41.5 Å². The van der Waals surface area contributed by atoms with Crippen molar-refractivity contribution in [3.63, 3.8) is 0 Å². The van der Waals surface area contributed by atoms with E-state index in [9.17, 15) is 13.2 Å². The van der Waals surface area contributed by atoms with Crippen molar-refractivity contribution in [2.75, 3.05) is 61.3 Å². The van der Waals surface area contributed by atoms with Crippen LogP contribution in [0.2, 0.25) is 0 Å². The van der Waals surface area contributed by atoms with Gasteiger partial charge in [-0.3, -0.25) is 4.79 Å². The molecule has 10 nitrogen and oxygen atoms in total. The summed E-state index contributed by atoms with van der Waals surface area (Å²) < 4.78 is 54.1. The second-order valence-electron chi connectivity index (χ2n) is 8.02. The zero-order chi connectivity index (χ0) is 25.6. The zero-order valence-corrected chi connectivity index (χ0v) is 21.5. The summed E-state index contributed by atoms with van der Waals surface area (Å²) in [6, 6.07) is 8.20. The van der Waals surface area contributed by atoms with Gasteiger partial charge < -0.3 is 28.6 Å². The molecule has 11 heteroatoms. The van der Waals surface area contributed by atoms with Crippen LogP contribution in [0.1, 0.15) is 11.1 Å². The molecule has 0 bridgehead atoms. The molecule has 192 valence electrons. The third-order valence-electron chi connectivity index (χ3n) is 5.68. The van der Waals surface area contributed by atoms with E-state index in [0.717, 1.165) is 5.56 Å². The molecule has 1 aliphatic heterocycles. The number of carbonyl (C=O) groups excluding carboxylic acids is 1. The number of ether oxygens (including phenoxy) is 5. The second kappa shape index (κ2) is 11.6. The van der Waals surface area contributed by atoms with Crippen molar-refractivity contribution in [3.8, 4) is 23.0 Å². The van der Waals surface area contributed by atoms with Crippen molar-refractivity contribution in [1.82, 2.24) is 9.21 Å². The van der Waals surface area contributed by atoms with Gasteiger partial charge in [-0.15, -0.1) is 0 Å². The van der Waals surface area contributed by atoms with Gasteiger partial charge in [0, 0.05) is 26.7 Å². The quantitative estimate of drug-likeness (QED) is 0.481. The molecule has 1 fully saturated rings. The van der Waals surface area contributed by atoms with Gasteiger partial charge in [0.05, 0.1) is 39.4 Å². The van der Waals surface area contributed by atoms with E-state index in [4.69, 9.17) is 23.7 Å². The normalized spacial score (nSPS) is 14.3. The van der Waals surface area contributed by atoms with Crippen molar-refractivity contribution in [1.29, 1.82) is 0 Å². The highest BCUT2D eigenvalue weighted by Gasteiger charge is 2.27. The van der Waals surface area contributed by atoms with E-state index in [-0.39, 0.29) is 17.4 Å². The molecule has 1 saturated heterocycles. The average Bonchev–Trinajstić information content (AvgIpc) is 2.87. The molecule has 0 aromatic heterocycles. The number of hydrogen-bond acceptors (Lipinski definition) is 8. The lowest BCUT2D eigenvalue weighted by atomic mass is 10.1. The fourth-order valence-corrected chi connectivity index (χ4v) is 5.21. The lowest BCUT2D eigenvalue weighted by Crippen LogP contribution is -2.40. The number of rotatable bonds is 10. The molecule has 2 aromatic rings. The van der Waals surface area contributed by atoms with Gasteiger partial charge in [-0.05, 0) is 48.4 Å². The molecule has 1 aliphatic rings. The summed E-state index contributed by atoms with van der Waals surface area (Å²) in [6.07, 6.45) is 0. The molecule has 0 spiro atoms. The number of aryl methyl sites for hydroxylation is 1. The van der Waals surface area contributed by atoms with Crippen LogP contribution < -0.4 is 18.9 Å². The third-order valence-corrected chi connectivity index (χ3v) is 7.57. The van der Waals surface area contributed by atoms with Gasteiger partial charge in [0.15, 0.2) is 18.1 Å². The van der Waals surface area contributed by atoms with E-state index in [2.05, 4.69) is 0 Å². The predicted octanol–water partition coefficient (Wildman–Crippen LogP) is 2.08. The van der Waals surface area contributed by atoms with Crippen LogP contribution in [0.3, 0.4) is 0 Å². The highest BCUT2D eigenvalue weighted by molar-refractivity contribution is 7.89. The Kier molecular flexibility index (Phi) is 8.82. The zero-order valence-electron chi connectivity index (χ0n) is 20.7. The van der Waals surface area contributed by atoms with E-state index in [1.54, 1.807) is 38.2 Å². The topological polar surface area (TPSA) is 104 Å². The summed E-state index contributed by atoms with van der Waals surface area (Å²) in [5.74, 6) is 1.68. The van der Waals surface area contributed by atoms with Crippen molar-refractivity contribution < 1.29 is 36.9 Å². The van der Waals surface area contributed by atoms with E-state index < -0.39 is 10.0 Å². The van der Waals surface area contributed by atoms with E-state index in [1.165, 1.54) is 36.6 Å². The fraction of sp³-hybridized carbons (Fsp3) is 0.458. The first-order valence-corrected chi connectivity index (χ1v) is 12.5. The van der Waals surface area contributed by atoms with Crippen LogP contribution >= 0.6 is 0 Å². The van der Waals surface area contributed by atoms with Gasteiger partial charge in [0.2, 0.25) is 15.8 Å². The van der Waals surface area contributed by atoms with Crippen LogP contribution in [-0.2, 0) is 26.1 Å². The Balaban J connectivity index is 1.64. The molecule has 0 N–H and O–H groups in total. The van der Waals surface area contributed by atoms with Crippen LogP contribution in [0, 0.1) is 6.92 Å². The molecule has 1 amide bonds. The van der Waals surface area contributed by atoms with Crippen LogP contribution in [0.4, 0.5) is 0 Å². The molecule has 0 unspecified atom stereocenters. The van der Waals surface area contributed by atoms with Crippen LogP contribution in [-0.4, -0.2) is 84.8 Å². The number of methoxy groups -OCH3 is 3. The van der Waals surface area contributed by atoms with Gasteiger partial charge in [0.25, 0.3) is 5.91 Å². The predicted molar refractivity (Wildman–Crippen MR) is 129 cm³/mol. The maximum absolute atomic E-state index is 12.9. The lowest BCUT2D eigenvalue weighted by Gasteiger charge is -2.26. The van der Waals surface area contributed by atoms with Gasteiger partial charge in [-0.25, -0.2) is 8.42 Å². The summed E-state index contributed by atoms with van der Waals surface area (Å²) >= 11 is 0. The Hall–Kier alpha value is -3.02. The van der Waals surface area contributed by atoms with Gasteiger partial charge in [-0.2, -0.15) is 4.31 Å². The molecule has 3 rings (SSSR count). The minimum absolute atomic E-state index is 0.190. The molecule has 2 aromatic carbocycles. The lowest BCUT2D eigenvalue weighted by molar-refractivity contribution is -0.132. The van der Waals surface area contributed by atoms with E-state index >= 15 is 0 Å². The number of hydrogen-bond donors (Lipinski definition) is 0. The Bertz CT molecular complexity index is 1120. The Morgan fingerprint density at radius 1 is 1.00 bits per heavy atom. The number of morpholine rings is 1. The van der Waals surface area contributed by atoms with Crippen molar-refractivity contribution in [2.24, 2.45) is 0 Å². The largest absolute Gasteiger partial charge is 0.493 e. The molecule has 1 heterocycles. The number of nitrogens with zero attached hydrogens (tertiary/aromatic N) is 2. The molecule has 35 heavy (non-hydrogen) atoms. The maximum atomic E-state index is 12.9. The summed E-state index contributed by atoms with van der Waals surface area (Å²) in [4.78, 5) is 14.4. The number of sulfonamides is 1. The van der Waals surface area contributed by atoms with Crippen molar-refractivity contribution >= 4 is 15.9 Å². The Morgan fingerprint density at radius 2 is 1.63 bits per heavy atom. The first kappa shape index (κ1) is 26.6. The average molecular weight is 509 g/mol. The van der Waals surface area contributed by atoms with Crippen molar-refractivity contribution in [2.45, 2.75) is 18.4 Å². The highest BCUT2D eigenvalue weighted by atomic mass is 32.2. The molecular formula is C24H32N2O8S. The summed E-state index contributed by atoms with van der Waals surface area (Å²) in [7, 11) is 2.65. The van der Waals surface area contributed by atoms with E-state index in [1.807, 2.05) is 0 Å². The first-order chi connectivity index (χ1) is 16.7. The molecule has 0 aliphatic carbocycles. The monoisotopic (exact) mass is 508 g/mol. The second-order valence-corrected chi connectivity index (χ2v) is 9.95. The smallest absolute Gasteiger partial charge is 0.260 e. The van der Waals surface area contributed by atoms with Crippen LogP contribution in [0.25, 0.3) is 0 Å². The van der Waals surface area contributed by atoms with Crippen LogP contribution in [0.5, 0.6) is 23.0 Å². The molecule has 0 saturated carbocycles. The Labute approximate surface area is 206 Å². The number of carbonyl (C=O) groups is 1. The molecule has 0 atom stereocenters. The molecule has 0 radical (unpaired) electrons. The summed E-state index contributed by atoms with van der Waals surface area (Å²) in [5.41, 5.74) is 1.42. The minimum Gasteiger partial charge on any atom is -0.493 e. The highest BCUT2D eigenvalue weighted by Crippen LogP contribution is 2.38. The van der Waals surface area contributed by atoms with Gasteiger partial charge in [0.1, 0.15) is 5.75 Å². The number of likely N-dealkylation sites (N-methyl/N-ethyl adjacent to an activating group) is 1. The van der Waals surface area contributed by atoms with Gasteiger partial charge in [-0.1, -0.05) is 0 Å². The van der Waals surface area contributed by atoms with E-state index in [0.29, 0.717) is 61.4 Å².